The molecule has 0 saturated heterocycles. The van der Waals surface area contributed by atoms with Crippen molar-refractivity contribution in [2.75, 3.05) is 25.5 Å². The molecule has 0 spiro atoms. The Balaban J connectivity index is 2.57. The van der Waals surface area contributed by atoms with Gasteiger partial charge in [-0.15, -0.1) is 0 Å². The minimum atomic E-state index is -0.173. The molecule has 96 valence electrons. The molecule has 0 radical (unpaired) electrons. The standard InChI is InChI=1S/C13H17N3O2/c1-10(9-17)16(2)8-13(18)15-12-5-3-4-11(6-12)7-14/h3-6,10,17H,8-9H2,1-2H3,(H,15,18). The second kappa shape index (κ2) is 6.74. The van der Waals surface area contributed by atoms with E-state index in [1.165, 1.54) is 0 Å². The van der Waals surface area contributed by atoms with E-state index in [1.54, 1.807) is 36.2 Å². The fraction of sp³-hybridized carbons (Fsp3) is 0.385. The van der Waals surface area contributed by atoms with Gasteiger partial charge in [0.15, 0.2) is 0 Å². The molecule has 0 saturated carbocycles. The lowest BCUT2D eigenvalue weighted by Gasteiger charge is -2.21. The highest BCUT2D eigenvalue weighted by molar-refractivity contribution is 5.92. The molecular formula is C13H17N3O2. The van der Waals surface area contributed by atoms with Crippen LogP contribution in [-0.2, 0) is 4.79 Å². The van der Waals surface area contributed by atoms with Crippen LogP contribution in [0.4, 0.5) is 5.69 Å². The number of anilines is 1. The number of nitrogens with zero attached hydrogens (tertiary/aromatic N) is 2. The molecule has 2 N–H and O–H groups in total. The summed E-state index contributed by atoms with van der Waals surface area (Å²) in [5, 5.41) is 20.4. The van der Waals surface area contributed by atoms with Gasteiger partial charge in [0.05, 0.1) is 24.8 Å². The highest BCUT2D eigenvalue weighted by atomic mass is 16.3. The van der Waals surface area contributed by atoms with E-state index in [2.05, 4.69) is 5.32 Å². The fourth-order valence-corrected chi connectivity index (χ4v) is 1.39. The number of hydrogen-bond acceptors (Lipinski definition) is 4. The number of hydrogen-bond donors (Lipinski definition) is 2. The van der Waals surface area contributed by atoms with Gasteiger partial charge in [0.1, 0.15) is 0 Å². The van der Waals surface area contributed by atoms with Crippen LogP contribution in [0.2, 0.25) is 0 Å². The normalized spacial score (nSPS) is 11.9. The number of rotatable bonds is 5. The minimum absolute atomic E-state index is 0.00764. The third-order valence-corrected chi connectivity index (χ3v) is 2.69. The third-order valence-electron chi connectivity index (χ3n) is 2.69. The second-order valence-corrected chi connectivity index (χ2v) is 4.19. The molecule has 0 aliphatic heterocycles. The predicted octanol–water partition coefficient (Wildman–Crippen LogP) is 0.809. The smallest absolute Gasteiger partial charge is 0.238 e. The number of amides is 1. The summed E-state index contributed by atoms with van der Waals surface area (Å²) in [5.41, 5.74) is 1.11. The molecule has 1 rings (SSSR count). The molecule has 0 aliphatic rings. The van der Waals surface area contributed by atoms with Crippen molar-refractivity contribution in [3.8, 4) is 6.07 Å². The van der Waals surface area contributed by atoms with E-state index in [0.717, 1.165) is 0 Å². The molecule has 1 aromatic rings. The first-order valence-corrected chi connectivity index (χ1v) is 5.68. The third kappa shape index (κ3) is 4.17. The quantitative estimate of drug-likeness (QED) is 0.807. The Morgan fingerprint density at radius 2 is 2.33 bits per heavy atom. The van der Waals surface area contributed by atoms with Gasteiger partial charge in [-0.1, -0.05) is 6.07 Å². The number of likely N-dealkylation sites (N-methyl/N-ethyl adjacent to an activating group) is 1. The fourth-order valence-electron chi connectivity index (χ4n) is 1.39. The van der Waals surface area contributed by atoms with Gasteiger partial charge in [0, 0.05) is 11.7 Å². The molecule has 5 nitrogen and oxygen atoms in total. The molecule has 0 aliphatic carbocycles. The summed E-state index contributed by atoms with van der Waals surface area (Å²) >= 11 is 0. The molecule has 1 atom stereocenters. The van der Waals surface area contributed by atoms with Crippen molar-refractivity contribution in [3.63, 3.8) is 0 Å². The average molecular weight is 247 g/mol. The molecule has 1 amide bonds. The van der Waals surface area contributed by atoms with Gasteiger partial charge in [0.25, 0.3) is 0 Å². The van der Waals surface area contributed by atoms with E-state index >= 15 is 0 Å². The minimum Gasteiger partial charge on any atom is -0.395 e. The number of nitrogens with one attached hydrogen (secondary N) is 1. The molecule has 1 aromatic carbocycles. The van der Waals surface area contributed by atoms with Crippen molar-refractivity contribution in [3.05, 3.63) is 29.8 Å². The van der Waals surface area contributed by atoms with E-state index < -0.39 is 0 Å². The molecule has 0 aromatic heterocycles. The van der Waals surface area contributed by atoms with E-state index in [0.29, 0.717) is 11.3 Å². The van der Waals surface area contributed by atoms with Crippen LogP contribution in [0.3, 0.4) is 0 Å². The van der Waals surface area contributed by atoms with Gasteiger partial charge < -0.3 is 10.4 Å². The Morgan fingerprint density at radius 1 is 1.61 bits per heavy atom. The summed E-state index contributed by atoms with van der Waals surface area (Å²) < 4.78 is 0. The van der Waals surface area contributed by atoms with Gasteiger partial charge in [-0.05, 0) is 32.2 Å². The van der Waals surface area contributed by atoms with Crippen LogP contribution in [0.15, 0.2) is 24.3 Å². The Bertz CT molecular complexity index is 454. The Morgan fingerprint density at radius 3 is 2.94 bits per heavy atom. The second-order valence-electron chi connectivity index (χ2n) is 4.19. The first-order valence-electron chi connectivity index (χ1n) is 5.68. The van der Waals surface area contributed by atoms with Crippen molar-refractivity contribution < 1.29 is 9.90 Å². The summed E-state index contributed by atoms with van der Waals surface area (Å²) in [7, 11) is 1.77. The topological polar surface area (TPSA) is 76.4 Å². The number of carbonyl (C=O) groups excluding carboxylic acids is 1. The molecule has 5 heteroatoms. The average Bonchev–Trinajstić information content (AvgIpc) is 2.37. The zero-order chi connectivity index (χ0) is 13.5. The summed E-state index contributed by atoms with van der Waals surface area (Å²) in [6, 6.07) is 8.69. The number of carbonyl (C=O) groups is 1. The van der Waals surface area contributed by atoms with Crippen LogP contribution in [0.5, 0.6) is 0 Å². The van der Waals surface area contributed by atoms with Gasteiger partial charge in [-0.2, -0.15) is 5.26 Å². The number of nitriles is 1. The van der Waals surface area contributed by atoms with E-state index in [4.69, 9.17) is 10.4 Å². The molecule has 1 unspecified atom stereocenters. The molecule has 0 bridgehead atoms. The maximum absolute atomic E-state index is 11.7. The van der Waals surface area contributed by atoms with Crippen molar-refractivity contribution >= 4 is 11.6 Å². The monoisotopic (exact) mass is 247 g/mol. The Labute approximate surface area is 107 Å². The zero-order valence-corrected chi connectivity index (χ0v) is 10.6. The van der Waals surface area contributed by atoms with Crippen molar-refractivity contribution in [1.82, 2.24) is 4.90 Å². The van der Waals surface area contributed by atoms with Crippen molar-refractivity contribution in [1.29, 1.82) is 5.26 Å². The lowest BCUT2D eigenvalue weighted by atomic mass is 10.2. The van der Waals surface area contributed by atoms with Crippen LogP contribution >= 0.6 is 0 Å². The maximum atomic E-state index is 11.7. The van der Waals surface area contributed by atoms with Crippen LogP contribution < -0.4 is 5.32 Å². The highest BCUT2D eigenvalue weighted by Gasteiger charge is 2.12. The lowest BCUT2D eigenvalue weighted by molar-refractivity contribution is -0.117. The number of benzene rings is 1. The van der Waals surface area contributed by atoms with E-state index in [-0.39, 0.29) is 25.1 Å². The van der Waals surface area contributed by atoms with Crippen LogP contribution in [0.1, 0.15) is 12.5 Å². The summed E-state index contributed by atoms with van der Waals surface area (Å²) in [6.45, 7) is 2.04. The van der Waals surface area contributed by atoms with Crippen LogP contribution in [0, 0.1) is 11.3 Å². The Kier molecular flexibility index (Phi) is 5.31. The molecular weight excluding hydrogens is 230 g/mol. The SMILES string of the molecule is CC(CO)N(C)CC(=O)Nc1cccc(C#N)c1. The summed E-state index contributed by atoms with van der Waals surface area (Å²) in [5.74, 6) is -0.173. The maximum Gasteiger partial charge on any atom is 0.238 e. The number of aliphatic hydroxyl groups is 1. The Hall–Kier alpha value is -1.90. The van der Waals surface area contributed by atoms with Crippen molar-refractivity contribution in [2.45, 2.75) is 13.0 Å². The first kappa shape index (κ1) is 14.2. The van der Waals surface area contributed by atoms with E-state index in [1.807, 2.05) is 13.0 Å². The largest absolute Gasteiger partial charge is 0.395 e. The van der Waals surface area contributed by atoms with Crippen molar-refractivity contribution in [2.24, 2.45) is 0 Å². The predicted molar refractivity (Wildman–Crippen MR) is 69.0 cm³/mol. The van der Waals surface area contributed by atoms with Gasteiger partial charge in [-0.25, -0.2) is 0 Å². The van der Waals surface area contributed by atoms with Gasteiger partial charge in [-0.3, -0.25) is 9.69 Å². The zero-order valence-electron chi connectivity index (χ0n) is 10.6. The highest BCUT2D eigenvalue weighted by Crippen LogP contribution is 2.09. The summed E-state index contributed by atoms with van der Waals surface area (Å²) in [6.07, 6.45) is 0. The molecule has 0 fully saturated rings. The lowest BCUT2D eigenvalue weighted by Crippen LogP contribution is -2.38. The summed E-state index contributed by atoms with van der Waals surface area (Å²) in [4.78, 5) is 13.5. The van der Waals surface area contributed by atoms with Gasteiger partial charge >= 0.3 is 0 Å². The number of aliphatic hydroxyl groups excluding tert-OH is 1. The molecule has 0 heterocycles. The van der Waals surface area contributed by atoms with Gasteiger partial charge in [0.2, 0.25) is 5.91 Å². The van der Waals surface area contributed by atoms with Crippen LogP contribution in [-0.4, -0.2) is 42.2 Å². The van der Waals surface area contributed by atoms with E-state index in [9.17, 15) is 4.79 Å². The molecule has 18 heavy (non-hydrogen) atoms. The van der Waals surface area contributed by atoms with Crippen LogP contribution in [0.25, 0.3) is 0 Å². The first-order chi connectivity index (χ1) is 8.56.